The molecule has 4 heteroatoms. The van der Waals surface area contributed by atoms with E-state index < -0.39 is 0 Å². The summed E-state index contributed by atoms with van der Waals surface area (Å²) in [6.45, 7) is 1.67. The molecule has 2 aromatic rings. The summed E-state index contributed by atoms with van der Waals surface area (Å²) >= 11 is 0. The lowest BCUT2D eigenvalue weighted by Gasteiger charge is -2.29. The maximum atomic E-state index is 12.7. The van der Waals surface area contributed by atoms with E-state index in [2.05, 4.69) is 0 Å². The first-order valence-corrected chi connectivity index (χ1v) is 8.49. The number of phenols is 2. The largest absolute Gasteiger partial charge is 0.508 e. The minimum atomic E-state index is -0.132. The van der Waals surface area contributed by atoms with Crippen LogP contribution in [0.3, 0.4) is 0 Å². The van der Waals surface area contributed by atoms with E-state index >= 15 is 0 Å². The summed E-state index contributed by atoms with van der Waals surface area (Å²) < 4.78 is 0. The first-order valence-electron chi connectivity index (χ1n) is 8.49. The third-order valence-corrected chi connectivity index (χ3v) is 4.66. The van der Waals surface area contributed by atoms with Gasteiger partial charge in [-0.25, -0.2) is 0 Å². The van der Waals surface area contributed by atoms with E-state index in [0.29, 0.717) is 6.42 Å². The Hall–Kier alpha value is -2.49. The SMILES string of the molecule is O=C(CC(c1ccc(O)cc1)c1cccc(O)c1)N1CCCCC1. The van der Waals surface area contributed by atoms with Gasteiger partial charge in [0.25, 0.3) is 0 Å². The summed E-state index contributed by atoms with van der Waals surface area (Å²) in [7, 11) is 0. The smallest absolute Gasteiger partial charge is 0.223 e. The van der Waals surface area contributed by atoms with Crippen molar-refractivity contribution in [2.75, 3.05) is 13.1 Å². The Balaban J connectivity index is 1.86. The Morgan fingerprint density at radius 2 is 1.62 bits per heavy atom. The molecular weight excluding hydrogens is 302 g/mol. The molecule has 0 spiro atoms. The molecule has 3 rings (SSSR count). The van der Waals surface area contributed by atoms with Gasteiger partial charge in [0.15, 0.2) is 0 Å². The summed E-state index contributed by atoms with van der Waals surface area (Å²) in [4.78, 5) is 14.7. The van der Waals surface area contributed by atoms with Crippen molar-refractivity contribution >= 4 is 5.91 Å². The molecule has 1 amide bonds. The summed E-state index contributed by atoms with van der Waals surface area (Å²) in [6, 6.07) is 14.0. The maximum Gasteiger partial charge on any atom is 0.223 e. The molecule has 4 nitrogen and oxygen atoms in total. The van der Waals surface area contributed by atoms with E-state index in [1.54, 1.807) is 30.3 Å². The standard InChI is InChI=1S/C20H23NO3/c22-17-9-7-15(8-10-17)19(16-5-4-6-18(23)13-16)14-20(24)21-11-2-1-3-12-21/h4-10,13,19,22-23H,1-3,11-12,14H2. The van der Waals surface area contributed by atoms with Gasteiger partial charge in [-0.05, 0) is 54.7 Å². The predicted molar refractivity (Wildman–Crippen MR) is 93.1 cm³/mol. The van der Waals surface area contributed by atoms with E-state index in [-0.39, 0.29) is 23.3 Å². The van der Waals surface area contributed by atoms with Crippen LogP contribution in [0.1, 0.15) is 42.7 Å². The molecule has 126 valence electrons. The van der Waals surface area contributed by atoms with Gasteiger partial charge in [-0.15, -0.1) is 0 Å². The highest BCUT2D eigenvalue weighted by Crippen LogP contribution is 2.32. The topological polar surface area (TPSA) is 60.8 Å². The van der Waals surface area contributed by atoms with Crippen molar-refractivity contribution in [2.45, 2.75) is 31.6 Å². The second-order valence-corrected chi connectivity index (χ2v) is 6.38. The number of benzene rings is 2. The van der Waals surface area contributed by atoms with Gasteiger partial charge in [-0.2, -0.15) is 0 Å². The van der Waals surface area contributed by atoms with Crippen LogP contribution >= 0.6 is 0 Å². The molecule has 0 bridgehead atoms. The molecule has 1 unspecified atom stereocenters. The third-order valence-electron chi connectivity index (χ3n) is 4.66. The van der Waals surface area contributed by atoms with Gasteiger partial charge in [0, 0.05) is 25.4 Å². The van der Waals surface area contributed by atoms with Crippen LogP contribution in [0.2, 0.25) is 0 Å². The number of carbonyl (C=O) groups excluding carboxylic acids is 1. The van der Waals surface area contributed by atoms with Crippen LogP contribution in [-0.4, -0.2) is 34.1 Å². The van der Waals surface area contributed by atoms with E-state index in [4.69, 9.17) is 0 Å². The molecule has 1 heterocycles. The molecule has 1 fully saturated rings. The van der Waals surface area contributed by atoms with Crippen molar-refractivity contribution in [1.82, 2.24) is 4.90 Å². The van der Waals surface area contributed by atoms with Crippen LogP contribution in [0.5, 0.6) is 11.5 Å². The van der Waals surface area contributed by atoms with E-state index in [9.17, 15) is 15.0 Å². The van der Waals surface area contributed by atoms with Crippen LogP contribution in [0.25, 0.3) is 0 Å². The molecule has 0 saturated carbocycles. The zero-order valence-corrected chi connectivity index (χ0v) is 13.7. The Kier molecular flexibility index (Phi) is 5.04. The first-order chi connectivity index (χ1) is 11.6. The second-order valence-electron chi connectivity index (χ2n) is 6.38. The van der Waals surface area contributed by atoms with Gasteiger partial charge in [0.2, 0.25) is 5.91 Å². The van der Waals surface area contributed by atoms with Gasteiger partial charge in [-0.1, -0.05) is 24.3 Å². The van der Waals surface area contributed by atoms with E-state index in [1.807, 2.05) is 23.1 Å². The predicted octanol–water partition coefficient (Wildman–Crippen LogP) is 3.63. The molecule has 0 aliphatic carbocycles. The molecule has 2 aromatic carbocycles. The monoisotopic (exact) mass is 325 g/mol. The quantitative estimate of drug-likeness (QED) is 0.902. The Bertz CT molecular complexity index is 690. The van der Waals surface area contributed by atoms with Crippen LogP contribution < -0.4 is 0 Å². The fraction of sp³-hybridized carbons (Fsp3) is 0.350. The molecule has 0 radical (unpaired) electrons. The van der Waals surface area contributed by atoms with Gasteiger partial charge < -0.3 is 15.1 Å². The highest BCUT2D eigenvalue weighted by atomic mass is 16.3. The number of aromatic hydroxyl groups is 2. The molecular formula is C20H23NO3. The lowest BCUT2D eigenvalue weighted by atomic mass is 9.87. The molecule has 1 saturated heterocycles. The molecule has 1 atom stereocenters. The summed E-state index contributed by atoms with van der Waals surface area (Å²) in [5.74, 6) is 0.417. The number of amides is 1. The van der Waals surface area contributed by atoms with Crippen molar-refractivity contribution in [3.05, 3.63) is 59.7 Å². The Morgan fingerprint density at radius 1 is 0.917 bits per heavy atom. The fourth-order valence-corrected chi connectivity index (χ4v) is 3.32. The average molecular weight is 325 g/mol. The van der Waals surface area contributed by atoms with E-state index in [0.717, 1.165) is 37.1 Å². The maximum absolute atomic E-state index is 12.7. The number of rotatable bonds is 4. The number of phenolic OH excluding ortho intramolecular Hbond substituents is 2. The number of hydrogen-bond donors (Lipinski definition) is 2. The van der Waals surface area contributed by atoms with Crippen LogP contribution in [-0.2, 0) is 4.79 Å². The molecule has 1 aliphatic heterocycles. The molecule has 24 heavy (non-hydrogen) atoms. The Labute approximate surface area is 142 Å². The third kappa shape index (κ3) is 3.88. The highest BCUT2D eigenvalue weighted by Gasteiger charge is 2.23. The van der Waals surface area contributed by atoms with Crippen LogP contribution in [0.4, 0.5) is 0 Å². The van der Waals surface area contributed by atoms with Crippen molar-refractivity contribution in [3.8, 4) is 11.5 Å². The van der Waals surface area contributed by atoms with E-state index in [1.165, 1.54) is 6.42 Å². The normalized spacial score (nSPS) is 15.9. The average Bonchev–Trinajstić information content (AvgIpc) is 2.61. The van der Waals surface area contributed by atoms with Gasteiger partial charge >= 0.3 is 0 Å². The van der Waals surface area contributed by atoms with Crippen molar-refractivity contribution in [2.24, 2.45) is 0 Å². The zero-order valence-electron chi connectivity index (χ0n) is 13.7. The number of piperidine rings is 1. The first kappa shape index (κ1) is 16.4. The number of likely N-dealkylation sites (tertiary alicyclic amines) is 1. The van der Waals surface area contributed by atoms with Crippen molar-refractivity contribution in [1.29, 1.82) is 0 Å². The summed E-state index contributed by atoms with van der Waals surface area (Å²) in [5.41, 5.74) is 1.87. The van der Waals surface area contributed by atoms with Crippen LogP contribution in [0.15, 0.2) is 48.5 Å². The van der Waals surface area contributed by atoms with Gasteiger partial charge in [0.1, 0.15) is 11.5 Å². The Morgan fingerprint density at radius 3 is 2.29 bits per heavy atom. The van der Waals surface area contributed by atoms with Gasteiger partial charge in [-0.3, -0.25) is 4.79 Å². The minimum Gasteiger partial charge on any atom is -0.508 e. The fourth-order valence-electron chi connectivity index (χ4n) is 3.32. The lowest BCUT2D eigenvalue weighted by molar-refractivity contribution is -0.132. The van der Waals surface area contributed by atoms with Crippen molar-refractivity contribution < 1.29 is 15.0 Å². The number of hydrogen-bond acceptors (Lipinski definition) is 3. The molecule has 1 aliphatic rings. The summed E-state index contributed by atoms with van der Waals surface area (Å²) in [6.07, 6.45) is 3.70. The lowest BCUT2D eigenvalue weighted by Crippen LogP contribution is -2.36. The van der Waals surface area contributed by atoms with Crippen molar-refractivity contribution in [3.63, 3.8) is 0 Å². The highest BCUT2D eigenvalue weighted by molar-refractivity contribution is 5.78. The molecule has 0 aromatic heterocycles. The van der Waals surface area contributed by atoms with Gasteiger partial charge in [0.05, 0.1) is 0 Å². The van der Waals surface area contributed by atoms with Crippen LogP contribution in [0, 0.1) is 0 Å². The molecule has 2 N–H and O–H groups in total. The number of nitrogens with zero attached hydrogens (tertiary/aromatic N) is 1. The zero-order chi connectivity index (χ0) is 16.9. The number of carbonyl (C=O) groups is 1. The summed E-state index contributed by atoms with van der Waals surface area (Å²) in [5, 5.41) is 19.3. The minimum absolute atomic E-state index is 0.132. The second kappa shape index (κ2) is 7.39.